The number of alkyl halides is 3. The molecule has 4 nitrogen and oxygen atoms in total. The number of halogens is 3. The molecule has 0 unspecified atom stereocenters. The Morgan fingerprint density at radius 2 is 1.74 bits per heavy atom. The van der Waals surface area contributed by atoms with Gasteiger partial charge in [0.1, 0.15) is 6.04 Å². The van der Waals surface area contributed by atoms with Crippen molar-refractivity contribution in [3.63, 3.8) is 0 Å². The Bertz CT molecular complexity index is 527. The summed E-state index contributed by atoms with van der Waals surface area (Å²) in [5, 5.41) is 2.47. The predicted octanol–water partition coefficient (Wildman–Crippen LogP) is 3.26. The van der Waals surface area contributed by atoms with Crippen molar-refractivity contribution in [3.05, 3.63) is 35.4 Å². The Morgan fingerprint density at radius 1 is 1.13 bits per heavy atom. The minimum Gasteiger partial charge on any atom is -0.368 e. The van der Waals surface area contributed by atoms with Gasteiger partial charge >= 0.3 is 6.18 Å². The van der Waals surface area contributed by atoms with Gasteiger partial charge in [-0.1, -0.05) is 32.6 Å². The maximum absolute atomic E-state index is 12.5. The summed E-state index contributed by atoms with van der Waals surface area (Å²) in [6.07, 6.45) is -0.297. The molecule has 128 valence electrons. The third-order valence-electron chi connectivity index (χ3n) is 3.47. The first kappa shape index (κ1) is 19.0. The van der Waals surface area contributed by atoms with Gasteiger partial charge in [0.2, 0.25) is 5.91 Å². The number of hydrogen-bond acceptors (Lipinski definition) is 2. The lowest BCUT2D eigenvalue weighted by Gasteiger charge is -2.15. The molecule has 1 atom stereocenters. The lowest BCUT2D eigenvalue weighted by atomic mass is 10.1. The molecule has 0 aromatic heterocycles. The van der Waals surface area contributed by atoms with Crippen molar-refractivity contribution >= 4 is 11.8 Å². The number of unbranched alkanes of at least 4 members (excludes halogenated alkanes) is 3. The molecule has 1 rings (SSSR count). The minimum atomic E-state index is -4.45. The lowest BCUT2D eigenvalue weighted by molar-refractivity contribution is -0.137. The summed E-state index contributed by atoms with van der Waals surface area (Å²) < 4.78 is 37.4. The van der Waals surface area contributed by atoms with Gasteiger partial charge in [-0.05, 0) is 30.7 Å². The van der Waals surface area contributed by atoms with Gasteiger partial charge in [-0.3, -0.25) is 9.59 Å². The number of carbonyl (C=O) groups excluding carboxylic acids is 2. The quantitative estimate of drug-likeness (QED) is 0.718. The summed E-state index contributed by atoms with van der Waals surface area (Å²) in [6.45, 7) is 2.05. The average Bonchev–Trinajstić information content (AvgIpc) is 2.49. The van der Waals surface area contributed by atoms with E-state index in [-0.39, 0.29) is 5.56 Å². The number of amides is 2. The van der Waals surface area contributed by atoms with Gasteiger partial charge < -0.3 is 11.1 Å². The van der Waals surface area contributed by atoms with Gasteiger partial charge in [0.25, 0.3) is 5.91 Å². The minimum absolute atomic E-state index is 0.0535. The molecule has 2 amide bonds. The summed E-state index contributed by atoms with van der Waals surface area (Å²) >= 11 is 0. The zero-order valence-corrected chi connectivity index (χ0v) is 13.0. The van der Waals surface area contributed by atoms with Gasteiger partial charge in [-0.2, -0.15) is 13.2 Å². The van der Waals surface area contributed by atoms with Crippen molar-refractivity contribution in [2.75, 3.05) is 0 Å². The van der Waals surface area contributed by atoms with Crippen LogP contribution in [0.3, 0.4) is 0 Å². The molecule has 1 aromatic rings. The summed E-state index contributed by atoms with van der Waals surface area (Å²) in [5.74, 6) is -1.26. The molecule has 0 bridgehead atoms. The number of nitrogens with two attached hydrogens (primary N) is 1. The molecule has 0 saturated carbocycles. The van der Waals surface area contributed by atoms with Crippen molar-refractivity contribution in [3.8, 4) is 0 Å². The van der Waals surface area contributed by atoms with E-state index in [2.05, 4.69) is 12.2 Å². The number of hydrogen-bond donors (Lipinski definition) is 2. The topological polar surface area (TPSA) is 72.2 Å². The number of carbonyl (C=O) groups is 2. The molecule has 0 spiro atoms. The van der Waals surface area contributed by atoms with Crippen LogP contribution >= 0.6 is 0 Å². The Hall–Kier alpha value is -2.05. The SMILES string of the molecule is CCCCCC[C@@H](NC(=O)c1ccc(C(F)(F)F)cc1)C(N)=O. The van der Waals surface area contributed by atoms with Crippen molar-refractivity contribution in [2.45, 2.75) is 51.2 Å². The number of benzene rings is 1. The molecule has 0 aliphatic heterocycles. The molecule has 7 heteroatoms. The molecular formula is C16H21F3N2O2. The van der Waals surface area contributed by atoms with Crippen LogP contribution in [-0.4, -0.2) is 17.9 Å². The van der Waals surface area contributed by atoms with Crippen LogP contribution in [0.1, 0.15) is 54.9 Å². The Balaban J connectivity index is 2.66. The first-order valence-electron chi connectivity index (χ1n) is 7.53. The number of rotatable bonds is 8. The van der Waals surface area contributed by atoms with Gasteiger partial charge in [0.05, 0.1) is 5.56 Å². The van der Waals surface area contributed by atoms with E-state index in [1.807, 2.05) is 0 Å². The zero-order valence-electron chi connectivity index (χ0n) is 13.0. The Kier molecular flexibility index (Phi) is 7.06. The third kappa shape index (κ3) is 6.30. The molecule has 23 heavy (non-hydrogen) atoms. The summed E-state index contributed by atoms with van der Waals surface area (Å²) in [5.41, 5.74) is 4.48. The third-order valence-corrected chi connectivity index (χ3v) is 3.47. The lowest BCUT2D eigenvalue weighted by Crippen LogP contribution is -2.44. The molecule has 0 radical (unpaired) electrons. The van der Waals surface area contributed by atoms with Crippen LogP contribution in [0.15, 0.2) is 24.3 Å². The predicted molar refractivity (Wildman–Crippen MR) is 80.7 cm³/mol. The van der Waals surface area contributed by atoms with Crippen LogP contribution < -0.4 is 11.1 Å². The van der Waals surface area contributed by atoms with E-state index in [0.717, 1.165) is 49.9 Å². The fourth-order valence-electron chi connectivity index (χ4n) is 2.11. The van der Waals surface area contributed by atoms with E-state index in [4.69, 9.17) is 5.73 Å². The highest BCUT2D eigenvalue weighted by Crippen LogP contribution is 2.29. The van der Waals surface area contributed by atoms with Crippen LogP contribution in [0.4, 0.5) is 13.2 Å². The van der Waals surface area contributed by atoms with Crippen LogP contribution in [0, 0.1) is 0 Å². The maximum atomic E-state index is 12.5. The van der Waals surface area contributed by atoms with E-state index < -0.39 is 29.6 Å². The van der Waals surface area contributed by atoms with E-state index >= 15 is 0 Å². The second kappa shape index (κ2) is 8.55. The number of primary amides is 1. The van der Waals surface area contributed by atoms with Crippen molar-refractivity contribution < 1.29 is 22.8 Å². The zero-order chi connectivity index (χ0) is 17.5. The molecule has 3 N–H and O–H groups in total. The van der Waals surface area contributed by atoms with E-state index in [1.54, 1.807) is 0 Å². The molecule has 0 fully saturated rings. The van der Waals surface area contributed by atoms with Crippen LogP contribution in [0.5, 0.6) is 0 Å². The summed E-state index contributed by atoms with van der Waals surface area (Å²) in [7, 11) is 0. The summed E-state index contributed by atoms with van der Waals surface area (Å²) in [4.78, 5) is 23.4. The van der Waals surface area contributed by atoms with Crippen molar-refractivity contribution in [2.24, 2.45) is 5.73 Å². The second-order valence-corrected chi connectivity index (χ2v) is 5.35. The van der Waals surface area contributed by atoms with Crippen LogP contribution in [0.25, 0.3) is 0 Å². The maximum Gasteiger partial charge on any atom is 0.416 e. The standard InChI is InChI=1S/C16H21F3N2O2/c1-2-3-4-5-6-13(14(20)22)21-15(23)11-7-9-12(10-8-11)16(17,18)19/h7-10,13H,2-6H2,1H3,(H2,20,22)(H,21,23)/t13-/m1/s1. The highest BCUT2D eigenvalue weighted by molar-refractivity contribution is 5.97. The van der Waals surface area contributed by atoms with Crippen molar-refractivity contribution in [1.29, 1.82) is 0 Å². The van der Waals surface area contributed by atoms with Crippen molar-refractivity contribution in [1.82, 2.24) is 5.32 Å². The smallest absolute Gasteiger partial charge is 0.368 e. The first-order chi connectivity index (χ1) is 10.8. The average molecular weight is 330 g/mol. The van der Waals surface area contributed by atoms with E-state index in [1.165, 1.54) is 0 Å². The fourth-order valence-corrected chi connectivity index (χ4v) is 2.11. The second-order valence-electron chi connectivity index (χ2n) is 5.35. The molecule has 0 saturated heterocycles. The fraction of sp³-hybridized carbons (Fsp3) is 0.500. The van der Waals surface area contributed by atoms with Crippen LogP contribution in [0.2, 0.25) is 0 Å². The number of nitrogens with one attached hydrogen (secondary N) is 1. The molecule has 0 aliphatic carbocycles. The monoisotopic (exact) mass is 330 g/mol. The first-order valence-corrected chi connectivity index (χ1v) is 7.53. The van der Waals surface area contributed by atoms with Gasteiger partial charge in [0.15, 0.2) is 0 Å². The molecule has 0 heterocycles. The van der Waals surface area contributed by atoms with Gasteiger partial charge in [-0.25, -0.2) is 0 Å². The molecule has 1 aromatic carbocycles. The Morgan fingerprint density at radius 3 is 2.22 bits per heavy atom. The largest absolute Gasteiger partial charge is 0.416 e. The summed E-state index contributed by atoms with van der Waals surface area (Å²) in [6, 6.07) is 2.99. The highest BCUT2D eigenvalue weighted by Gasteiger charge is 2.30. The van der Waals surface area contributed by atoms with Gasteiger partial charge in [-0.15, -0.1) is 0 Å². The van der Waals surface area contributed by atoms with E-state index in [9.17, 15) is 22.8 Å². The normalized spacial score (nSPS) is 12.7. The molecule has 0 aliphatic rings. The molecular weight excluding hydrogens is 309 g/mol. The van der Waals surface area contributed by atoms with E-state index in [0.29, 0.717) is 6.42 Å². The van der Waals surface area contributed by atoms with Gasteiger partial charge in [0, 0.05) is 5.56 Å². The Labute approximate surface area is 133 Å². The van der Waals surface area contributed by atoms with Crippen LogP contribution in [-0.2, 0) is 11.0 Å². The highest BCUT2D eigenvalue weighted by atomic mass is 19.4.